The van der Waals surface area contributed by atoms with Crippen molar-refractivity contribution in [3.05, 3.63) is 92.9 Å². The van der Waals surface area contributed by atoms with E-state index in [0.29, 0.717) is 18.8 Å². The van der Waals surface area contributed by atoms with Gasteiger partial charge >= 0.3 is 5.69 Å². The van der Waals surface area contributed by atoms with Crippen molar-refractivity contribution in [3.8, 4) is 5.75 Å². The monoisotopic (exact) mass is 455 g/mol. The molecule has 0 bridgehead atoms. The summed E-state index contributed by atoms with van der Waals surface area (Å²) in [6.07, 6.45) is 0. The highest BCUT2D eigenvalue weighted by Crippen LogP contribution is 2.27. The fraction of sp³-hybridized carbons (Fsp3) is 0.261. The van der Waals surface area contributed by atoms with Gasteiger partial charge in [-0.05, 0) is 29.8 Å². The molecule has 166 valence electrons. The molecular weight excluding hydrogens is 434 g/mol. The average molecular weight is 456 g/mol. The number of halogens is 1. The summed E-state index contributed by atoms with van der Waals surface area (Å²) in [6, 6.07) is 17.1. The third kappa shape index (κ3) is 5.09. The number of nitro groups is 1. The second-order valence-corrected chi connectivity index (χ2v) is 7.85. The second-order valence-electron chi connectivity index (χ2n) is 7.44. The first-order valence-electron chi connectivity index (χ1n) is 10.2. The SMILES string of the molecule is O=C(c1ccc(COc2ccccc2[N+](=O)[O-])o1)N1CCN(Cc2ccccc2Cl)CC1. The predicted molar refractivity (Wildman–Crippen MR) is 119 cm³/mol. The van der Waals surface area contributed by atoms with Crippen molar-refractivity contribution in [1.82, 2.24) is 9.80 Å². The summed E-state index contributed by atoms with van der Waals surface area (Å²) in [7, 11) is 0. The van der Waals surface area contributed by atoms with Gasteiger partial charge in [0.05, 0.1) is 4.92 Å². The Bertz CT molecular complexity index is 1110. The van der Waals surface area contributed by atoms with Gasteiger partial charge in [0.1, 0.15) is 12.4 Å². The number of rotatable bonds is 7. The number of piperazine rings is 1. The van der Waals surface area contributed by atoms with E-state index in [2.05, 4.69) is 4.90 Å². The van der Waals surface area contributed by atoms with Crippen molar-refractivity contribution in [2.45, 2.75) is 13.2 Å². The van der Waals surface area contributed by atoms with E-state index in [4.69, 9.17) is 20.8 Å². The Morgan fingerprint density at radius 2 is 1.75 bits per heavy atom. The zero-order valence-electron chi connectivity index (χ0n) is 17.3. The zero-order valence-corrected chi connectivity index (χ0v) is 18.0. The van der Waals surface area contributed by atoms with Crippen molar-refractivity contribution in [2.24, 2.45) is 0 Å². The van der Waals surface area contributed by atoms with Gasteiger partial charge in [0, 0.05) is 43.8 Å². The van der Waals surface area contributed by atoms with Crippen LogP contribution in [0.3, 0.4) is 0 Å². The van der Waals surface area contributed by atoms with Crippen LogP contribution in [0, 0.1) is 10.1 Å². The third-order valence-electron chi connectivity index (χ3n) is 5.32. The van der Waals surface area contributed by atoms with Gasteiger partial charge in [0.25, 0.3) is 5.91 Å². The minimum atomic E-state index is -0.502. The van der Waals surface area contributed by atoms with Crippen molar-refractivity contribution in [2.75, 3.05) is 26.2 Å². The number of carbonyl (C=O) groups is 1. The number of ether oxygens (including phenoxy) is 1. The normalized spacial score (nSPS) is 14.3. The molecule has 0 unspecified atom stereocenters. The van der Waals surface area contributed by atoms with Crippen LogP contribution in [-0.4, -0.2) is 46.8 Å². The maximum atomic E-state index is 12.8. The van der Waals surface area contributed by atoms with Gasteiger partial charge in [-0.2, -0.15) is 0 Å². The minimum absolute atomic E-state index is 0.0102. The summed E-state index contributed by atoms with van der Waals surface area (Å²) in [6.45, 7) is 3.40. The van der Waals surface area contributed by atoms with Crippen molar-refractivity contribution in [1.29, 1.82) is 0 Å². The summed E-state index contributed by atoms with van der Waals surface area (Å²) in [5, 5.41) is 11.8. The van der Waals surface area contributed by atoms with E-state index in [-0.39, 0.29) is 29.7 Å². The van der Waals surface area contributed by atoms with Crippen LogP contribution in [0.1, 0.15) is 21.9 Å². The van der Waals surface area contributed by atoms with Crippen LogP contribution in [0.5, 0.6) is 5.75 Å². The lowest BCUT2D eigenvalue weighted by molar-refractivity contribution is -0.386. The van der Waals surface area contributed by atoms with Gasteiger partial charge in [-0.15, -0.1) is 0 Å². The summed E-state index contributed by atoms with van der Waals surface area (Å²) in [5.74, 6) is 0.616. The number of para-hydroxylation sites is 2. The van der Waals surface area contributed by atoms with Crippen molar-refractivity contribution in [3.63, 3.8) is 0 Å². The molecule has 1 saturated heterocycles. The number of nitrogens with zero attached hydrogens (tertiary/aromatic N) is 3. The molecule has 2 heterocycles. The fourth-order valence-corrected chi connectivity index (χ4v) is 3.78. The van der Waals surface area contributed by atoms with Crippen LogP contribution in [0.25, 0.3) is 0 Å². The predicted octanol–water partition coefficient (Wildman–Crippen LogP) is 4.38. The molecule has 0 atom stereocenters. The largest absolute Gasteiger partial charge is 0.479 e. The van der Waals surface area contributed by atoms with Crippen LogP contribution >= 0.6 is 11.6 Å². The highest BCUT2D eigenvalue weighted by molar-refractivity contribution is 6.31. The molecule has 0 N–H and O–H groups in total. The van der Waals surface area contributed by atoms with Crippen LogP contribution < -0.4 is 4.74 Å². The van der Waals surface area contributed by atoms with E-state index in [1.165, 1.54) is 12.1 Å². The van der Waals surface area contributed by atoms with Crippen molar-refractivity contribution >= 4 is 23.2 Å². The smallest absolute Gasteiger partial charge is 0.310 e. The molecule has 9 heteroatoms. The molecule has 4 rings (SSSR count). The molecular formula is C23H22ClN3O5. The number of benzene rings is 2. The lowest BCUT2D eigenvalue weighted by Crippen LogP contribution is -2.48. The molecule has 2 aromatic carbocycles. The minimum Gasteiger partial charge on any atom is -0.479 e. The zero-order chi connectivity index (χ0) is 22.5. The quantitative estimate of drug-likeness (QED) is 0.388. The van der Waals surface area contributed by atoms with E-state index in [9.17, 15) is 14.9 Å². The standard InChI is InChI=1S/C23H22ClN3O5/c24-19-6-2-1-5-17(19)15-25-11-13-26(14-12-25)23(28)22-10-9-18(32-22)16-31-21-8-4-3-7-20(21)27(29)30/h1-10H,11-16H2. The average Bonchev–Trinajstić information content (AvgIpc) is 3.28. The molecule has 1 amide bonds. The molecule has 8 nitrogen and oxygen atoms in total. The van der Waals surface area contributed by atoms with E-state index >= 15 is 0 Å². The molecule has 0 aliphatic carbocycles. The first kappa shape index (κ1) is 21.9. The van der Waals surface area contributed by atoms with Gasteiger partial charge in [-0.1, -0.05) is 41.9 Å². The Balaban J connectivity index is 1.31. The van der Waals surface area contributed by atoms with Crippen molar-refractivity contribution < 1.29 is 18.9 Å². The first-order chi connectivity index (χ1) is 15.5. The Hall–Kier alpha value is -3.36. The van der Waals surface area contributed by atoms with Crippen LogP contribution in [-0.2, 0) is 13.2 Å². The summed E-state index contributed by atoms with van der Waals surface area (Å²) >= 11 is 6.25. The Labute approximate surface area is 190 Å². The Kier molecular flexibility index (Phi) is 6.72. The maximum absolute atomic E-state index is 12.8. The van der Waals surface area contributed by atoms with Crippen LogP contribution in [0.4, 0.5) is 5.69 Å². The van der Waals surface area contributed by atoms with Gasteiger partial charge in [0.15, 0.2) is 11.5 Å². The molecule has 32 heavy (non-hydrogen) atoms. The molecule has 1 aromatic heterocycles. The summed E-state index contributed by atoms with van der Waals surface area (Å²) in [5.41, 5.74) is 0.952. The number of furan rings is 1. The maximum Gasteiger partial charge on any atom is 0.310 e. The number of hydrogen-bond acceptors (Lipinski definition) is 6. The molecule has 0 radical (unpaired) electrons. The van der Waals surface area contributed by atoms with E-state index in [1.54, 1.807) is 29.2 Å². The highest BCUT2D eigenvalue weighted by atomic mass is 35.5. The van der Waals surface area contributed by atoms with E-state index in [0.717, 1.165) is 30.2 Å². The van der Waals surface area contributed by atoms with E-state index in [1.807, 2.05) is 24.3 Å². The molecule has 0 saturated carbocycles. The fourth-order valence-electron chi connectivity index (χ4n) is 3.58. The van der Waals surface area contributed by atoms with Crippen LogP contribution in [0.15, 0.2) is 65.1 Å². The number of amides is 1. The molecule has 1 aliphatic rings. The summed E-state index contributed by atoms with van der Waals surface area (Å²) in [4.78, 5) is 27.4. The third-order valence-corrected chi connectivity index (χ3v) is 5.68. The number of nitro benzene ring substituents is 1. The molecule has 0 spiro atoms. The van der Waals surface area contributed by atoms with Gasteiger partial charge in [-0.25, -0.2) is 0 Å². The lowest BCUT2D eigenvalue weighted by atomic mass is 10.2. The van der Waals surface area contributed by atoms with Gasteiger partial charge in [0.2, 0.25) is 0 Å². The number of carbonyl (C=O) groups excluding carboxylic acids is 1. The van der Waals surface area contributed by atoms with Gasteiger partial charge < -0.3 is 14.1 Å². The topological polar surface area (TPSA) is 89.1 Å². The van der Waals surface area contributed by atoms with Crippen LogP contribution in [0.2, 0.25) is 5.02 Å². The Morgan fingerprint density at radius 1 is 1.03 bits per heavy atom. The molecule has 1 aliphatic heterocycles. The summed E-state index contributed by atoms with van der Waals surface area (Å²) < 4.78 is 11.2. The first-order valence-corrected chi connectivity index (χ1v) is 10.6. The lowest BCUT2D eigenvalue weighted by Gasteiger charge is -2.34. The highest BCUT2D eigenvalue weighted by Gasteiger charge is 2.25. The Morgan fingerprint density at radius 3 is 2.50 bits per heavy atom. The van der Waals surface area contributed by atoms with Gasteiger partial charge in [-0.3, -0.25) is 19.8 Å². The van der Waals surface area contributed by atoms with E-state index < -0.39 is 4.92 Å². The number of hydrogen-bond donors (Lipinski definition) is 0. The molecule has 1 fully saturated rings. The molecule has 3 aromatic rings. The second kappa shape index (κ2) is 9.84.